The number of nitrogens with zero attached hydrogens (tertiary/aromatic N) is 3. The van der Waals surface area contributed by atoms with Crippen molar-refractivity contribution in [2.45, 2.75) is 39.3 Å². The van der Waals surface area contributed by atoms with E-state index in [1.54, 1.807) is 10.7 Å². The summed E-state index contributed by atoms with van der Waals surface area (Å²) in [4.78, 5) is 12.4. The Balaban J connectivity index is 1.98. The zero-order chi connectivity index (χ0) is 17.9. The molecule has 8 nitrogen and oxygen atoms in total. The third-order valence-electron chi connectivity index (χ3n) is 3.98. The van der Waals surface area contributed by atoms with Gasteiger partial charge in [0.1, 0.15) is 5.69 Å². The van der Waals surface area contributed by atoms with E-state index in [2.05, 4.69) is 10.4 Å². The molecule has 1 amide bonds. The van der Waals surface area contributed by atoms with Gasteiger partial charge in [-0.25, -0.2) is 8.42 Å². The number of sulfonamides is 1. The van der Waals surface area contributed by atoms with Crippen LogP contribution in [0.15, 0.2) is 6.07 Å². The van der Waals surface area contributed by atoms with Crippen LogP contribution in [-0.2, 0) is 21.3 Å². The molecule has 1 unspecified atom stereocenters. The van der Waals surface area contributed by atoms with Gasteiger partial charge in [0.2, 0.25) is 10.0 Å². The molecule has 136 valence electrons. The summed E-state index contributed by atoms with van der Waals surface area (Å²) in [5.41, 5.74) is 1.39. The normalized spacial score (nSPS) is 19.6. The summed E-state index contributed by atoms with van der Waals surface area (Å²) in [5.74, 6) is 0.0191. The fraction of sp³-hybridized carbons (Fsp3) is 0.733. The molecule has 0 saturated carbocycles. The highest BCUT2D eigenvalue weighted by Gasteiger charge is 2.27. The Hall–Kier alpha value is -1.45. The van der Waals surface area contributed by atoms with Crippen molar-refractivity contribution >= 4 is 15.9 Å². The van der Waals surface area contributed by atoms with Crippen molar-refractivity contribution < 1.29 is 17.9 Å². The maximum atomic E-state index is 12.4. The predicted octanol–water partition coefficient (Wildman–Crippen LogP) is 0.417. The van der Waals surface area contributed by atoms with Crippen LogP contribution in [-0.4, -0.2) is 67.0 Å². The number of hydrogen-bond donors (Lipinski definition) is 1. The molecule has 0 aromatic carbocycles. The molecule has 2 rings (SSSR count). The van der Waals surface area contributed by atoms with Gasteiger partial charge in [-0.15, -0.1) is 0 Å². The second kappa shape index (κ2) is 7.62. The molecule has 1 aromatic heterocycles. The summed E-state index contributed by atoms with van der Waals surface area (Å²) in [6.45, 7) is 7.79. The number of amides is 1. The number of aromatic nitrogens is 2. The van der Waals surface area contributed by atoms with Crippen LogP contribution < -0.4 is 5.32 Å². The average Bonchev–Trinajstić information content (AvgIpc) is 2.97. The van der Waals surface area contributed by atoms with Gasteiger partial charge in [0, 0.05) is 26.2 Å². The smallest absolute Gasteiger partial charge is 0.269 e. The number of nitrogens with one attached hydrogen (secondary N) is 1. The molecular weight excluding hydrogens is 332 g/mol. The minimum atomic E-state index is -3.24. The van der Waals surface area contributed by atoms with Crippen molar-refractivity contribution in [2.75, 3.05) is 32.5 Å². The average molecular weight is 358 g/mol. The quantitative estimate of drug-likeness (QED) is 0.795. The molecule has 1 N–H and O–H groups in total. The van der Waals surface area contributed by atoms with Crippen LogP contribution in [0.2, 0.25) is 0 Å². The van der Waals surface area contributed by atoms with Crippen LogP contribution >= 0.6 is 0 Å². The van der Waals surface area contributed by atoms with E-state index < -0.39 is 10.0 Å². The Morgan fingerprint density at radius 3 is 2.79 bits per heavy atom. The largest absolute Gasteiger partial charge is 0.374 e. The molecule has 24 heavy (non-hydrogen) atoms. The zero-order valence-corrected chi connectivity index (χ0v) is 15.5. The summed E-state index contributed by atoms with van der Waals surface area (Å²) in [6.07, 6.45) is 0.835. The van der Waals surface area contributed by atoms with E-state index in [4.69, 9.17) is 4.74 Å². The summed E-state index contributed by atoms with van der Waals surface area (Å²) < 4.78 is 31.8. The van der Waals surface area contributed by atoms with Crippen molar-refractivity contribution in [1.29, 1.82) is 0 Å². The van der Waals surface area contributed by atoms with Gasteiger partial charge in [-0.05, 0) is 18.9 Å². The van der Waals surface area contributed by atoms with Gasteiger partial charge in [0.15, 0.2) is 0 Å². The topological polar surface area (TPSA) is 93.5 Å². The number of morpholine rings is 1. The van der Waals surface area contributed by atoms with Gasteiger partial charge in [0.05, 0.1) is 24.7 Å². The molecule has 9 heteroatoms. The second-order valence-corrected chi connectivity index (χ2v) is 8.23. The molecule has 0 radical (unpaired) electrons. The second-order valence-electron chi connectivity index (χ2n) is 6.25. The van der Waals surface area contributed by atoms with Crippen LogP contribution in [0.4, 0.5) is 0 Å². The maximum absolute atomic E-state index is 12.4. The van der Waals surface area contributed by atoms with E-state index in [-0.39, 0.29) is 31.0 Å². The molecule has 1 aliphatic heterocycles. The predicted molar refractivity (Wildman–Crippen MR) is 90.5 cm³/mol. The molecule has 1 atom stereocenters. The zero-order valence-electron chi connectivity index (χ0n) is 14.7. The van der Waals surface area contributed by atoms with E-state index in [1.807, 2.05) is 20.8 Å². The lowest BCUT2D eigenvalue weighted by atomic mass is 10.1. The van der Waals surface area contributed by atoms with Crippen LogP contribution in [0.25, 0.3) is 0 Å². The molecule has 2 heterocycles. The first kappa shape index (κ1) is 18.9. The minimum Gasteiger partial charge on any atom is -0.374 e. The Morgan fingerprint density at radius 1 is 1.50 bits per heavy atom. The molecule has 1 fully saturated rings. The Morgan fingerprint density at radius 2 is 2.21 bits per heavy atom. The van der Waals surface area contributed by atoms with E-state index in [9.17, 15) is 13.2 Å². The van der Waals surface area contributed by atoms with Crippen molar-refractivity contribution in [2.24, 2.45) is 0 Å². The number of hydrogen-bond acceptors (Lipinski definition) is 5. The van der Waals surface area contributed by atoms with Crippen molar-refractivity contribution in [3.8, 4) is 0 Å². The summed E-state index contributed by atoms with van der Waals surface area (Å²) in [5, 5.41) is 7.25. The molecule has 1 aromatic rings. The van der Waals surface area contributed by atoms with Crippen molar-refractivity contribution in [1.82, 2.24) is 19.4 Å². The Labute approximate surface area is 143 Å². The van der Waals surface area contributed by atoms with Crippen LogP contribution in [0.5, 0.6) is 0 Å². The SMILES string of the molecule is CCn1nc(C(C)C)cc1C(=O)NCC1CN(S(C)(=O)=O)CCO1. The molecule has 0 spiro atoms. The molecule has 1 saturated heterocycles. The standard InChI is InChI=1S/C15H26N4O4S/c1-5-19-14(8-13(17-19)11(2)3)15(20)16-9-12-10-18(6-7-23-12)24(4,21)22/h8,11-12H,5-7,9-10H2,1-4H3,(H,16,20). The van der Waals surface area contributed by atoms with Crippen LogP contribution in [0, 0.1) is 0 Å². The highest BCUT2D eigenvalue weighted by atomic mass is 32.2. The lowest BCUT2D eigenvalue weighted by molar-refractivity contribution is 0.000384. The third-order valence-corrected chi connectivity index (χ3v) is 5.25. The van der Waals surface area contributed by atoms with Crippen LogP contribution in [0.3, 0.4) is 0 Å². The molecule has 0 aliphatic carbocycles. The van der Waals surface area contributed by atoms with Gasteiger partial charge < -0.3 is 10.1 Å². The Kier molecular flexibility index (Phi) is 6.00. The number of carbonyl (C=O) groups is 1. The highest BCUT2D eigenvalue weighted by Crippen LogP contribution is 2.15. The fourth-order valence-electron chi connectivity index (χ4n) is 2.56. The minimum absolute atomic E-state index is 0.226. The first-order valence-corrected chi connectivity index (χ1v) is 9.99. The number of aryl methyl sites for hydroxylation is 1. The van der Waals surface area contributed by atoms with E-state index in [1.165, 1.54) is 10.6 Å². The fourth-order valence-corrected chi connectivity index (χ4v) is 3.40. The summed E-state index contributed by atoms with van der Waals surface area (Å²) in [6, 6.07) is 1.80. The number of carbonyl (C=O) groups excluding carboxylic acids is 1. The third kappa shape index (κ3) is 4.55. The Bertz CT molecular complexity index is 684. The van der Waals surface area contributed by atoms with E-state index in [0.29, 0.717) is 25.4 Å². The van der Waals surface area contributed by atoms with Crippen molar-refractivity contribution in [3.63, 3.8) is 0 Å². The summed E-state index contributed by atoms with van der Waals surface area (Å²) in [7, 11) is -3.24. The highest BCUT2D eigenvalue weighted by molar-refractivity contribution is 7.88. The van der Waals surface area contributed by atoms with Gasteiger partial charge in [0.25, 0.3) is 5.91 Å². The molecular formula is C15H26N4O4S. The summed E-state index contributed by atoms with van der Waals surface area (Å²) >= 11 is 0. The first-order valence-electron chi connectivity index (χ1n) is 8.15. The van der Waals surface area contributed by atoms with Gasteiger partial charge in [-0.3, -0.25) is 9.48 Å². The maximum Gasteiger partial charge on any atom is 0.269 e. The lowest BCUT2D eigenvalue weighted by Gasteiger charge is -2.31. The molecule has 0 bridgehead atoms. The monoisotopic (exact) mass is 358 g/mol. The number of ether oxygens (including phenoxy) is 1. The lowest BCUT2D eigenvalue weighted by Crippen LogP contribution is -2.49. The van der Waals surface area contributed by atoms with E-state index in [0.717, 1.165) is 5.69 Å². The first-order chi connectivity index (χ1) is 11.2. The number of rotatable bonds is 6. The van der Waals surface area contributed by atoms with Crippen molar-refractivity contribution in [3.05, 3.63) is 17.5 Å². The molecule has 1 aliphatic rings. The van der Waals surface area contributed by atoms with Gasteiger partial charge in [-0.2, -0.15) is 9.40 Å². The van der Waals surface area contributed by atoms with Gasteiger partial charge in [-0.1, -0.05) is 13.8 Å². The van der Waals surface area contributed by atoms with E-state index >= 15 is 0 Å². The van der Waals surface area contributed by atoms with Crippen LogP contribution in [0.1, 0.15) is 42.9 Å². The van der Waals surface area contributed by atoms with Gasteiger partial charge >= 0.3 is 0 Å².